The zero-order valence-electron chi connectivity index (χ0n) is 7.77. The number of hydrogen-bond acceptors (Lipinski definition) is 3. The molecule has 0 aliphatic rings. The molecule has 0 aliphatic heterocycles. The molecule has 0 amide bonds. The molecule has 0 fully saturated rings. The van der Waals surface area contributed by atoms with Crippen molar-refractivity contribution < 1.29 is 9.90 Å². The number of pyridine rings is 1. The molecule has 0 saturated heterocycles. The Balaban J connectivity index is 3.09. The number of hydrogen-bond donors (Lipinski definition) is 1. The lowest BCUT2D eigenvalue weighted by molar-refractivity contribution is 0.0683. The molecule has 0 bridgehead atoms. The predicted octanol–water partition coefficient (Wildman–Crippen LogP) is 0.909. The van der Waals surface area contributed by atoms with Crippen molar-refractivity contribution in [2.45, 2.75) is 6.54 Å². The molecule has 1 heterocycles. The molecule has 0 aliphatic carbocycles. The van der Waals surface area contributed by atoms with E-state index in [1.165, 1.54) is 22.8 Å². The standard InChI is InChI=1S/C9H11NO3S/c1-14-6-5-10-7(9(12)13)3-2-4-8(10)11/h2-4H,5-6H2,1H3,(H,12,13). The summed E-state index contributed by atoms with van der Waals surface area (Å²) in [5, 5.41) is 8.82. The van der Waals surface area contributed by atoms with Crippen LogP contribution in [0.25, 0.3) is 0 Å². The minimum atomic E-state index is -1.07. The smallest absolute Gasteiger partial charge is 0.352 e. The fourth-order valence-electron chi connectivity index (χ4n) is 1.12. The second kappa shape index (κ2) is 4.85. The van der Waals surface area contributed by atoms with Gasteiger partial charge in [-0.25, -0.2) is 4.79 Å². The van der Waals surface area contributed by atoms with Crippen LogP contribution in [0.15, 0.2) is 23.0 Å². The van der Waals surface area contributed by atoms with Crippen molar-refractivity contribution in [3.63, 3.8) is 0 Å². The normalized spacial score (nSPS) is 10.1. The molecule has 1 aromatic rings. The highest BCUT2D eigenvalue weighted by Gasteiger charge is 2.09. The Bertz CT molecular complexity index is 386. The summed E-state index contributed by atoms with van der Waals surface area (Å²) in [7, 11) is 0. The van der Waals surface area contributed by atoms with Crippen molar-refractivity contribution in [3.05, 3.63) is 34.2 Å². The number of rotatable bonds is 4. The van der Waals surface area contributed by atoms with Crippen LogP contribution < -0.4 is 5.56 Å². The number of aromatic nitrogens is 1. The Kier molecular flexibility index (Phi) is 3.76. The van der Waals surface area contributed by atoms with Gasteiger partial charge in [-0.2, -0.15) is 11.8 Å². The van der Waals surface area contributed by atoms with E-state index < -0.39 is 5.97 Å². The fraction of sp³-hybridized carbons (Fsp3) is 0.333. The molecular weight excluding hydrogens is 202 g/mol. The first-order chi connectivity index (χ1) is 6.66. The molecule has 5 heteroatoms. The van der Waals surface area contributed by atoms with Gasteiger partial charge in [0.05, 0.1) is 0 Å². The minimum absolute atomic E-state index is 0.0477. The summed E-state index contributed by atoms with van der Waals surface area (Å²) < 4.78 is 1.28. The Morgan fingerprint density at radius 3 is 2.86 bits per heavy atom. The highest BCUT2D eigenvalue weighted by molar-refractivity contribution is 7.98. The SMILES string of the molecule is CSCCn1c(C(=O)O)cccc1=O. The van der Waals surface area contributed by atoms with Crippen molar-refractivity contribution in [1.82, 2.24) is 4.57 Å². The van der Waals surface area contributed by atoms with Gasteiger partial charge in [-0.15, -0.1) is 0 Å². The maximum atomic E-state index is 11.3. The summed E-state index contributed by atoms with van der Waals surface area (Å²) in [6.07, 6.45) is 1.91. The highest BCUT2D eigenvalue weighted by Crippen LogP contribution is 1.99. The Labute approximate surface area is 85.6 Å². The van der Waals surface area contributed by atoms with E-state index in [2.05, 4.69) is 0 Å². The summed E-state index contributed by atoms with van der Waals surface area (Å²) in [5.41, 5.74) is -0.217. The van der Waals surface area contributed by atoms with Gasteiger partial charge in [0.1, 0.15) is 5.69 Å². The van der Waals surface area contributed by atoms with Gasteiger partial charge < -0.3 is 9.67 Å². The van der Waals surface area contributed by atoms with Gasteiger partial charge in [0.25, 0.3) is 5.56 Å². The van der Waals surface area contributed by atoms with Crippen LogP contribution in [0.5, 0.6) is 0 Å². The minimum Gasteiger partial charge on any atom is -0.477 e. The quantitative estimate of drug-likeness (QED) is 0.807. The summed E-state index contributed by atoms with van der Waals surface area (Å²) in [6, 6.07) is 4.26. The third kappa shape index (κ3) is 2.38. The first kappa shape index (κ1) is 10.8. The lowest BCUT2D eigenvalue weighted by Gasteiger charge is -2.07. The van der Waals surface area contributed by atoms with Crippen LogP contribution in [0.4, 0.5) is 0 Å². The summed E-state index contributed by atoms with van der Waals surface area (Å²) in [5.74, 6) is -0.340. The van der Waals surface area contributed by atoms with Crippen molar-refractivity contribution in [2.24, 2.45) is 0 Å². The number of carbonyl (C=O) groups is 1. The Morgan fingerprint density at radius 2 is 2.29 bits per heavy atom. The van der Waals surface area contributed by atoms with E-state index in [4.69, 9.17) is 5.11 Å². The first-order valence-corrected chi connectivity index (χ1v) is 5.48. The number of aromatic carboxylic acids is 1. The van der Waals surface area contributed by atoms with Crippen molar-refractivity contribution in [3.8, 4) is 0 Å². The fourth-order valence-corrected chi connectivity index (χ4v) is 1.49. The Morgan fingerprint density at radius 1 is 1.57 bits per heavy atom. The number of thioether (sulfide) groups is 1. The van der Waals surface area contributed by atoms with Gasteiger partial charge >= 0.3 is 5.97 Å². The maximum Gasteiger partial charge on any atom is 0.352 e. The summed E-state index contributed by atoms with van der Waals surface area (Å²) in [4.78, 5) is 22.1. The van der Waals surface area contributed by atoms with Gasteiger partial charge in [0.2, 0.25) is 0 Å². The van der Waals surface area contributed by atoms with Crippen LogP contribution in [-0.2, 0) is 6.54 Å². The summed E-state index contributed by atoms with van der Waals surface area (Å²) in [6.45, 7) is 0.433. The van der Waals surface area contributed by atoms with Crippen LogP contribution in [0.1, 0.15) is 10.5 Å². The van der Waals surface area contributed by atoms with Crippen LogP contribution in [0, 0.1) is 0 Å². The highest BCUT2D eigenvalue weighted by atomic mass is 32.2. The average Bonchev–Trinajstić information content (AvgIpc) is 2.15. The molecule has 0 saturated carbocycles. The van der Waals surface area contributed by atoms with Gasteiger partial charge in [0.15, 0.2) is 0 Å². The predicted molar refractivity (Wildman–Crippen MR) is 56.0 cm³/mol. The second-order valence-electron chi connectivity index (χ2n) is 2.70. The van der Waals surface area contributed by atoms with Gasteiger partial charge in [-0.3, -0.25) is 4.79 Å². The largest absolute Gasteiger partial charge is 0.477 e. The van der Waals surface area contributed by atoms with Crippen LogP contribution >= 0.6 is 11.8 Å². The van der Waals surface area contributed by atoms with E-state index in [0.717, 1.165) is 5.75 Å². The number of carboxylic acid groups (broad SMARTS) is 1. The molecule has 0 atom stereocenters. The van der Waals surface area contributed by atoms with E-state index >= 15 is 0 Å². The van der Waals surface area contributed by atoms with Crippen molar-refractivity contribution >= 4 is 17.7 Å². The monoisotopic (exact) mass is 213 g/mol. The third-order valence-electron chi connectivity index (χ3n) is 1.79. The molecular formula is C9H11NO3S. The molecule has 1 rings (SSSR count). The van der Waals surface area contributed by atoms with E-state index in [9.17, 15) is 9.59 Å². The molecule has 14 heavy (non-hydrogen) atoms. The van der Waals surface area contributed by atoms with Crippen LogP contribution in [0.2, 0.25) is 0 Å². The summed E-state index contributed by atoms with van der Waals surface area (Å²) >= 11 is 1.57. The maximum absolute atomic E-state index is 11.3. The zero-order valence-corrected chi connectivity index (χ0v) is 8.58. The van der Waals surface area contributed by atoms with Crippen molar-refractivity contribution in [2.75, 3.05) is 12.0 Å². The van der Waals surface area contributed by atoms with Gasteiger partial charge in [-0.05, 0) is 12.3 Å². The van der Waals surface area contributed by atoms with E-state index in [1.54, 1.807) is 11.8 Å². The van der Waals surface area contributed by atoms with E-state index in [0.29, 0.717) is 6.54 Å². The topological polar surface area (TPSA) is 59.3 Å². The molecule has 1 N–H and O–H groups in total. The molecule has 0 unspecified atom stereocenters. The molecule has 1 aromatic heterocycles. The van der Waals surface area contributed by atoms with Crippen LogP contribution in [0.3, 0.4) is 0 Å². The zero-order chi connectivity index (χ0) is 10.6. The van der Waals surface area contributed by atoms with E-state index in [-0.39, 0.29) is 11.3 Å². The molecule has 0 radical (unpaired) electrons. The molecule has 0 spiro atoms. The van der Waals surface area contributed by atoms with Crippen LogP contribution in [-0.4, -0.2) is 27.7 Å². The number of nitrogens with zero attached hydrogens (tertiary/aromatic N) is 1. The van der Waals surface area contributed by atoms with Crippen molar-refractivity contribution in [1.29, 1.82) is 0 Å². The van der Waals surface area contributed by atoms with E-state index in [1.807, 2.05) is 6.26 Å². The lowest BCUT2D eigenvalue weighted by atomic mass is 10.3. The lowest BCUT2D eigenvalue weighted by Crippen LogP contribution is -2.25. The number of carboxylic acids is 1. The third-order valence-corrected chi connectivity index (χ3v) is 2.38. The second-order valence-corrected chi connectivity index (χ2v) is 3.68. The first-order valence-electron chi connectivity index (χ1n) is 4.09. The van der Waals surface area contributed by atoms with Gasteiger partial charge in [0, 0.05) is 18.4 Å². The molecule has 0 aromatic carbocycles. The molecule has 4 nitrogen and oxygen atoms in total. The molecule has 76 valence electrons. The Hall–Kier alpha value is -1.23. The van der Waals surface area contributed by atoms with Gasteiger partial charge in [-0.1, -0.05) is 6.07 Å². The average molecular weight is 213 g/mol.